The van der Waals surface area contributed by atoms with Crippen LogP contribution in [0.25, 0.3) is 0 Å². The lowest BCUT2D eigenvalue weighted by Crippen LogP contribution is -2.78. The second-order valence-corrected chi connectivity index (χ2v) is 14.6. The van der Waals surface area contributed by atoms with Crippen molar-refractivity contribution in [3.05, 3.63) is 0 Å². The Morgan fingerprint density at radius 1 is 0.889 bits per heavy atom. The first-order chi connectivity index (χ1) is 17.2. The van der Waals surface area contributed by atoms with Gasteiger partial charge in [-0.15, -0.1) is 0 Å². The van der Waals surface area contributed by atoms with Gasteiger partial charge in [-0.1, -0.05) is 0 Å². The second kappa shape index (κ2) is 9.42. The first-order valence-electron chi connectivity index (χ1n) is 15.2. The van der Waals surface area contributed by atoms with E-state index in [0.717, 1.165) is 32.8 Å². The van der Waals surface area contributed by atoms with Gasteiger partial charge in [0.1, 0.15) is 5.60 Å². The fraction of sp³-hybridized carbons (Fsp3) is 1.00. The summed E-state index contributed by atoms with van der Waals surface area (Å²) in [5, 5.41) is 11.3. The Morgan fingerprint density at radius 2 is 1.64 bits per heavy atom. The van der Waals surface area contributed by atoms with Crippen molar-refractivity contribution in [3.63, 3.8) is 0 Å². The molecular weight excluding hydrogens is 448 g/mol. The van der Waals surface area contributed by atoms with Crippen molar-refractivity contribution >= 4 is 0 Å². The number of piperidine rings is 2. The Hall–Kier alpha value is -0.280. The molecule has 0 radical (unpaired) electrons. The summed E-state index contributed by atoms with van der Waals surface area (Å²) in [6.07, 6.45) is 6.71. The lowest BCUT2D eigenvalue weighted by molar-refractivity contribution is -0.187. The smallest absolute Gasteiger partial charge is 0.106 e. The Balaban J connectivity index is 1.09. The molecule has 0 aliphatic carbocycles. The van der Waals surface area contributed by atoms with E-state index in [1.54, 1.807) is 0 Å². The molecular formula is C29H54N6O. The molecule has 0 bridgehead atoms. The summed E-state index contributed by atoms with van der Waals surface area (Å²) in [5.41, 5.74) is 1.35. The highest BCUT2D eigenvalue weighted by molar-refractivity contribution is 5.15. The van der Waals surface area contributed by atoms with E-state index in [0.29, 0.717) is 35.0 Å². The van der Waals surface area contributed by atoms with Crippen molar-refractivity contribution in [2.75, 3.05) is 72.1 Å². The molecule has 3 unspecified atom stereocenters. The topological polar surface area (TPSA) is 55.0 Å². The zero-order valence-corrected chi connectivity index (χ0v) is 23.9. The summed E-state index contributed by atoms with van der Waals surface area (Å²) in [4.78, 5) is 8.29. The highest BCUT2D eigenvalue weighted by Crippen LogP contribution is 2.52. The third-order valence-corrected chi connectivity index (χ3v) is 11.6. The quantitative estimate of drug-likeness (QED) is 0.512. The van der Waals surface area contributed by atoms with Gasteiger partial charge in [0, 0.05) is 92.9 Å². The summed E-state index contributed by atoms with van der Waals surface area (Å²) < 4.78 is 6.21. The third kappa shape index (κ3) is 4.39. The molecule has 7 nitrogen and oxygen atoms in total. The maximum absolute atomic E-state index is 6.21. The van der Waals surface area contributed by atoms with Crippen LogP contribution < -0.4 is 16.0 Å². The van der Waals surface area contributed by atoms with Gasteiger partial charge in [0.05, 0.1) is 6.61 Å². The molecule has 0 aromatic rings. The molecule has 6 aliphatic rings. The minimum atomic E-state index is 0.0895. The molecule has 3 spiro atoms. The maximum Gasteiger partial charge on any atom is 0.106 e. The number of ether oxygens (including phenoxy) is 1. The van der Waals surface area contributed by atoms with Crippen LogP contribution in [0.4, 0.5) is 0 Å². The van der Waals surface area contributed by atoms with Gasteiger partial charge in [0.15, 0.2) is 0 Å². The average Bonchev–Trinajstić information content (AvgIpc) is 2.83. The van der Waals surface area contributed by atoms with Gasteiger partial charge in [0.25, 0.3) is 0 Å². The van der Waals surface area contributed by atoms with Crippen molar-refractivity contribution in [1.29, 1.82) is 0 Å². The molecule has 3 atom stereocenters. The molecule has 6 aliphatic heterocycles. The number of likely N-dealkylation sites (tertiary alicyclic amines) is 3. The predicted molar refractivity (Wildman–Crippen MR) is 146 cm³/mol. The monoisotopic (exact) mass is 502 g/mol. The van der Waals surface area contributed by atoms with Crippen LogP contribution in [0, 0.1) is 10.8 Å². The summed E-state index contributed by atoms with van der Waals surface area (Å²) >= 11 is 0. The molecule has 6 rings (SSSR count). The maximum atomic E-state index is 6.21. The SMILES string of the molecule is CC(C)N1CC2(CCC(C(C)(C)N3CC4(CCNCC4)C3CC(C)N3CC4(CNCCO4)C3)NC2)C1. The predicted octanol–water partition coefficient (Wildman–Crippen LogP) is 1.73. The number of hydrogen-bond donors (Lipinski definition) is 3. The summed E-state index contributed by atoms with van der Waals surface area (Å²) in [7, 11) is 0. The average molecular weight is 503 g/mol. The lowest BCUT2D eigenvalue weighted by Gasteiger charge is -2.67. The fourth-order valence-corrected chi connectivity index (χ4v) is 8.79. The van der Waals surface area contributed by atoms with Gasteiger partial charge >= 0.3 is 0 Å². The number of nitrogens with zero attached hydrogens (tertiary/aromatic N) is 3. The van der Waals surface area contributed by atoms with Crippen LogP contribution >= 0.6 is 0 Å². The number of nitrogens with one attached hydrogen (secondary N) is 3. The van der Waals surface area contributed by atoms with E-state index in [1.807, 2.05) is 0 Å². The first kappa shape index (κ1) is 26.0. The molecule has 3 N–H and O–H groups in total. The Kier molecular flexibility index (Phi) is 6.80. The summed E-state index contributed by atoms with van der Waals surface area (Å²) in [5.74, 6) is 0. The van der Waals surface area contributed by atoms with Gasteiger partial charge in [-0.05, 0) is 79.8 Å². The molecule has 206 valence electrons. The first-order valence-corrected chi connectivity index (χ1v) is 15.2. The third-order valence-electron chi connectivity index (χ3n) is 11.6. The molecule has 6 heterocycles. The van der Waals surface area contributed by atoms with Crippen LogP contribution in [0.5, 0.6) is 0 Å². The van der Waals surface area contributed by atoms with E-state index in [1.165, 1.54) is 71.4 Å². The van der Waals surface area contributed by atoms with Crippen LogP contribution in [0.3, 0.4) is 0 Å². The minimum Gasteiger partial charge on any atom is -0.370 e. The molecule has 0 aromatic heterocycles. The highest BCUT2D eigenvalue weighted by atomic mass is 16.5. The van der Waals surface area contributed by atoms with Crippen molar-refractivity contribution in [3.8, 4) is 0 Å². The van der Waals surface area contributed by atoms with E-state index in [9.17, 15) is 0 Å². The highest BCUT2D eigenvalue weighted by Gasteiger charge is 2.59. The Bertz CT molecular complexity index is 765. The standard InChI is InChI=1S/C29H54N6O/c1-22(2)33-17-27(18-33)7-6-24(32-15-27)26(4,5)35-19-28(8-10-30-11-9-28)25(35)14-23(3)34-20-29(21-34)16-31-12-13-36-29/h22-25,30-32H,6-21H2,1-5H3. The van der Waals surface area contributed by atoms with Crippen LogP contribution in [0.2, 0.25) is 0 Å². The molecule has 36 heavy (non-hydrogen) atoms. The van der Waals surface area contributed by atoms with Crippen LogP contribution in [0.15, 0.2) is 0 Å². The Labute approximate surface area is 220 Å². The molecule has 6 saturated heterocycles. The zero-order chi connectivity index (χ0) is 25.2. The van der Waals surface area contributed by atoms with E-state index in [2.05, 4.69) is 65.3 Å². The molecule has 0 aromatic carbocycles. The van der Waals surface area contributed by atoms with Gasteiger partial charge in [-0.2, -0.15) is 0 Å². The van der Waals surface area contributed by atoms with E-state index in [4.69, 9.17) is 4.74 Å². The molecule has 7 heteroatoms. The van der Waals surface area contributed by atoms with E-state index in [-0.39, 0.29) is 11.1 Å². The van der Waals surface area contributed by atoms with Crippen LogP contribution in [0.1, 0.15) is 66.7 Å². The van der Waals surface area contributed by atoms with Crippen molar-refractivity contribution in [2.45, 2.75) is 102 Å². The zero-order valence-electron chi connectivity index (χ0n) is 23.9. The van der Waals surface area contributed by atoms with Gasteiger partial charge in [-0.3, -0.25) is 14.7 Å². The fourth-order valence-electron chi connectivity index (χ4n) is 8.79. The number of rotatable bonds is 6. The summed E-state index contributed by atoms with van der Waals surface area (Å²) in [6, 6.07) is 2.61. The van der Waals surface area contributed by atoms with E-state index < -0.39 is 0 Å². The molecule has 6 fully saturated rings. The van der Waals surface area contributed by atoms with Gasteiger partial charge < -0.3 is 20.7 Å². The molecule has 0 saturated carbocycles. The van der Waals surface area contributed by atoms with Crippen molar-refractivity contribution in [1.82, 2.24) is 30.7 Å². The number of morpholine rings is 1. The van der Waals surface area contributed by atoms with E-state index >= 15 is 0 Å². The lowest BCUT2D eigenvalue weighted by atomic mass is 9.60. The minimum absolute atomic E-state index is 0.0895. The largest absolute Gasteiger partial charge is 0.370 e. The van der Waals surface area contributed by atoms with Gasteiger partial charge in [-0.25, -0.2) is 0 Å². The second-order valence-electron chi connectivity index (χ2n) is 14.6. The normalized spacial score (nSPS) is 35.5. The van der Waals surface area contributed by atoms with Crippen LogP contribution in [-0.2, 0) is 4.74 Å². The summed E-state index contributed by atoms with van der Waals surface area (Å²) in [6.45, 7) is 24.9. The van der Waals surface area contributed by atoms with Gasteiger partial charge in [0.2, 0.25) is 0 Å². The van der Waals surface area contributed by atoms with Crippen molar-refractivity contribution in [2.24, 2.45) is 10.8 Å². The van der Waals surface area contributed by atoms with Crippen LogP contribution in [-0.4, -0.2) is 122 Å². The Morgan fingerprint density at radius 3 is 2.25 bits per heavy atom. The molecule has 0 amide bonds. The van der Waals surface area contributed by atoms with Crippen molar-refractivity contribution < 1.29 is 4.74 Å². The number of hydrogen-bond acceptors (Lipinski definition) is 7.